The Labute approximate surface area is 108 Å². The second-order valence-corrected chi connectivity index (χ2v) is 4.25. The van der Waals surface area contributed by atoms with Gasteiger partial charge in [-0.05, 0) is 40.2 Å². The van der Waals surface area contributed by atoms with Crippen LogP contribution in [-0.4, -0.2) is 0 Å². The van der Waals surface area contributed by atoms with E-state index in [1.165, 1.54) is 0 Å². The highest BCUT2D eigenvalue weighted by molar-refractivity contribution is 9.10. The van der Waals surface area contributed by atoms with E-state index in [1.54, 1.807) is 18.2 Å². The van der Waals surface area contributed by atoms with E-state index in [0.717, 1.165) is 4.47 Å². The van der Waals surface area contributed by atoms with Gasteiger partial charge >= 0.3 is 0 Å². The van der Waals surface area contributed by atoms with E-state index in [9.17, 15) is 0 Å². The molecule has 0 bridgehead atoms. The Bertz CT molecular complexity index is 590. The number of anilines is 1. The summed E-state index contributed by atoms with van der Waals surface area (Å²) in [6, 6.07) is 14.5. The molecule has 0 saturated heterocycles. The summed E-state index contributed by atoms with van der Waals surface area (Å²) in [6.07, 6.45) is 0. The van der Waals surface area contributed by atoms with Crippen LogP contribution in [0.4, 0.5) is 5.69 Å². The topological polar surface area (TPSA) is 59.0 Å². The lowest BCUT2D eigenvalue weighted by Crippen LogP contribution is -1.91. The van der Waals surface area contributed by atoms with Gasteiger partial charge in [0.15, 0.2) is 0 Å². The number of ether oxygens (including phenoxy) is 1. The highest BCUT2D eigenvalue weighted by atomic mass is 79.9. The molecule has 0 radical (unpaired) electrons. The molecule has 0 aromatic heterocycles. The number of halogens is 1. The van der Waals surface area contributed by atoms with Gasteiger partial charge < -0.3 is 10.5 Å². The van der Waals surface area contributed by atoms with E-state index in [-0.39, 0.29) is 0 Å². The van der Waals surface area contributed by atoms with Crippen molar-refractivity contribution < 1.29 is 4.74 Å². The molecule has 0 aliphatic carbocycles. The summed E-state index contributed by atoms with van der Waals surface area (Å²) in [5.41, 5.74) is 6.50. The Morgan fingerprint density at radius 2 is 1.94 bits per heavy atom. The highest BCUT2D eigenvalue weighted by Crippen LogP contribution is 2.30. The molecule has 0 aliphatic heterocycles. The van der Waals surface area contributed by atoms with Gasteiger partial charge in [-0.25, -0.2) is 0 Å². The van der Waals surface area contributed by atoms with Crippen LogP contribution in [0.15, 0.2) is 46.9 Å². The number of rotatable bonds is 2. The van der Waals surface area contributed by atoms with Crippen LogP contribution in [-0.2, 0) is 0 Å². The summed E-state index contributed by atoms with van der Waals surface area (Å²) in [5, 5.41) is 8.87. The third kappa shape index (κ3) is 2.58. The van der Waals surface area contributed by atoms with Gasteiger partial charge in [-0.2, -0.15) is 5.26 Å². The van der Waals surface area contributed by atoms with Gasteiger partial charge in [-0.3, -0.25) is 0 Å². The van der Waals surface area contributed by atoms with Crippen molar-refractivity contribution in [3.05, 3.63) is 52.5 Å². The molecule has 3 nitrogen and oxygen atoms in total. The standard InChI is InChI=1S/C13H9BrN2O/c14-11-3-1-2-4-13(11)17-10-5-6-12(16)9(7-10)8-15/h1-7H,16H2. The minimum atomic E-state index is 0.412. The van der Waals surface area contributed by atoms with Crippen LogP contribution in [0.2, 0.25) is 0 Å². The molecule has 4 heteroatoms. The van der Waals surface area contributed by atoms with Gasteiger partial charge in [0.05, 0.1) is 10.0 Å². The number of nitrogen functional groups attached to an aromatic ring is 1. The first-order chi connectivity index (χ1) is 8.20. The zero-order chi connectivity index (χ0) is 12.3. The number of hydrogen-bond acceptors (Lipinski definition) is 3. The number of nitriles is 1. The molecular formula is C13H9BrN2O. The van der Waals surface area contributed by atoms with Gasteiger partial charge in [0.25, 0.3) is 0 Å². The second kappa shape index (κ2) is 4.89. The summed E-state index contributed by atoms with van der Waals surface area (Å²) >= 11 is 3.39. The maximum Gasteiger partial charge on any atom is 0.141 e. The molecule has 2 N–H and O–H groups in total. The van der Waals surface area contributed by atoms with E-state index in [0.29, 0.717) is 22.7 Å². The van der Waals surface area contributed by atoms with Gasteiger partial charge in [0.2, 0.25) is 0 Å². The zero-order valence-electron chi connectivity index (χ0n) is 8.85. The molecule has 2 rings (SSSR count). The average Bonchev–Trinajstić information content (AvgIpc) is 2.34. The third-order valence-corrected chi connectivity index (χ3v) is 2.86. The van der Waals surface area contributed by atoms with Crippen molar-refractivity contribution in [1.82, 2.24) is 0 Å². The van der Waals surface area contributed by atoms with Crippen LogP contribution in [0.5, 0.6) is 11.5 Å². The Kier molecular flexibility index (Phi) is 3.31. The fourth-order valence-corrected chi connectivity index (χ4v) is 1.72. The summed E-state index contributed by atoms with van der Waals surface area (Å²) < 4.78 is 6.51. The fraction of sp³-hybridized carbons (Fsp3) is 0. The SMILES string of the molecule is N#Cc1cc(Oc2ccccc2Br)ccc1N. The minimum absolute atomic E-state index is 0.412. The van der Waals surface area contributed by atoms with Crippen LogP contribution in [0.3, 0.4) is 0 Å². The number of benzene rings is 2. The van der Waals surface area contributed by atoms with Crippen molar-refractivity contribution in [3.8, 4) is 17.6 Å². The molecule has 0 heterocycles. The maximum absolute atomic E-state index is 8.87. The van der Waals surface area contributed by atoms with Gasteiger partial charge in [0.1, 0.15) is 17.6 Å². The third-order valence-electron chi connectivity index (χ3n) is 2.21. The minimum Gasteiger partial charge on any atom is -0.456 e. The molecule has 2 aromatic rings. The molecular weight excluding hydrogens is 280 g/mol. The van der Waals surface area contributed by atoms with Gasteiger partial charge in [0, 0.05) is 11.8 Å². The summed E-state index contributed by atoms with van der Waals surface area (Å²) in [5.74, 6) is 1.28. The van der Waals surface area contributed by atoms with Crippen molar-refractivity contribution in [1.29, 1.82) is 5.26 Å². The van der Waals surface area contributed by atoms with Crippen LogP contribution in [0.1, 0.15) is 5.56 Å². The predicted octanol–water partition coefficient (Wildman–Crippen LogP) is 3.70. The Morgan fingerprint density at radius 3 is 2.65 bits per heavy atom. The van der Waals surface area contributed by atoms with Crippen molar-refractivity contribution >= 4 is 21.6 Å². The molecule has 0 unspecified atom stereocenters. The van der Waals surface area contributed by atoms with E-state index in [2.05, 4.69) is 15.9 Å². The highest BCUT2D eigenvalue weighted by Gasteiger charge is 2.04. The van der Waals surface area contributed by atoms with Crippen LogP contribution in [0.25, 0.3) is 0 Å². The van der Waals surface area contributed by atoms with Crippen molar-refractivity contribution in [3.63, 3.8) is 0 Å². The molecule has 2 aromatic carbocycles. The predicted molar refractivity (Wildman–Crippen MR) is 69.8 cm³/mol. The van der Waals surface area contributed by atoms with Crippen molar-refractivity contribution in [2.24, 2.45) is 0 Å². The monoisotopic (exact) mass is 288 g/mol. The van der Waals surface area contributed by atoms with Crippen LogP contribution >= 0.6 is 15.9 Å². The molecule has 0 fully saturated rings. The molecule has 0 amide bonds. The van der Waals surface area contributed by atoms with Gasteiger partial charge in [-0.15, -0.1) is 0 Å². The zero-order valence-corrected chi connectivity index (χ0v) is 10.4. The molecule has 0 aliphatic rings. The first-order valence-corrected chi connectivity index (χ1v) is 5.72. The lowest BCUT2D eigenvalue weighted by Gasteiger charge is -2.08. The van der Waals surface area contributed by atoms with Gasteiger partial charge in [-0.1, -0.05) is 12.1 Å². The summed E-state index contributed by atoms with van der Waals surface area (Å²) in [7, 11) is 0. The van der Waals surface area contributed by atoms with Crippen LogP contribution in [0, 0.1) is 11.3 Å². The van der Waals surface area contributed by atoms with E-state index >= 15 is 0 Å². The largest absolute Gasteiger partial charge is 0.456 e. The average molecular weight is 289 g/mol. The molecule has 0 saturated carbocycles. The van der Waals surface area contributed by atoms with Crippen molar-refractivity contribution in [2.45, 2.75) is 0 Å². The summed E-state index contributed by atoms with van der Waals surface area (Å²) in [4.78, 5) is 0. The Balaban J connectivity index is 2.32. The fourth-order valence-electron chi connectivity index (χ4n) is 1.35. The lowest BCUT2D eigenvalue weighted by atomic mass is 10.2. The number of hydrogen-bond donors (Lipinski definition) is 1. The number of para-hydroxylation sites is 1. The number of nitrogens with zero attached hydrogens (tertiary/aromatic N) is 1. The molecule has 84 valence electrons. The summed E-state index contributed by atoms with van der Waals surface area (Å²) in [6.45, 7) is 0. The lowest BCUT2D eigenvalue weighted by molar-refractivity contribution is 0.479. The maximum atomic E-state index is 8.87. The normalized spacial score (nSPS) is 9.65. The van der Waals surface area contributed by atoms with E-state index in [4.69, 9.17) is 15.7 Å². The van der Waals surface area contributed by atoms with E-state index in [1.807, 2.05) is 30.3 Å². The van der Waals surface area contributed by atoms with Crippen LogP contribution < -0.4 is 10.5 Å². The first-order valence-electron chi connectivity index (χ1n) is 4.92. The number of nitrogens with two attached hydrogens (primary N) is 1. The Morgan fingerprint density at radius 1 is 1.18 bits per heavy atom. The second-order valence-electron chi connectivity index (χ2n) is 3.39. The molecule has 0 atom stereocenters. The first kappa shape index (κ1) is 11.5. The smallest absolute Gasteiger partial charge is 0.141 e. The van der Waals surface area contributed by atoms with E-state index < -0.39 is 0 Å². The quantitative estimate of drug-likeness (QED) is 0.858. The Hall–Kier alpha value is -1.99. The molecule has 17 heavy (non-hydrogen) atoms. The van der Waals surface area contributed by atoms with Crippen molar-refractivity contribution in [2.75, 3.05) is 5.73 Å². The molecule has 0 spiro atoms.